The molecule has 2 aliphatic heterocycles. The average Bonchev–Trinajstić information content (AvgIpc) is 3.60. The Morgan fingerprint density at radius 1 is 0.808 bits per heavy atom. The highest BCUT2D eigenvalue weighted by Gasteiger charge is 2.45. The highest BCUT2D eigenvalue weighted by molar-refractivity contribution is 5.95. The maximum absolute atomic E-state index is 14.5. The van der Waals surface area contributed by atoms with Gasteiger partial charge in [-0.05, 0) is 42.6 Å². The van der Waals surface area contributed by atoms with E-state index in [1.165, 1.54) is 21.7 Å². The molecule has 290 valence electrons. The summed E-state index contributed by atoms with van der Waals surface area (Å²) in [5.74, 6) is -5.11. The van der Waals surface area contributed by atoms with E-state index in [1.54, 1.807) is 14.0 Å². The number of ether oxygens (including phenoxy) is 2. The molecule has 0 aromatic heterocycles. The van der Waals surface area contributed by atoms with Crippen molar-refractivity contribution in [3.63, 3.8) is 0 Å². The predicted molar refractivity (Wildman–Crippen MR) is 198 cm³/mol. The normalized spacial score (nSPS) is 28.2. The molecule has 0 bridgehead atoms. The quantitative estimate of drug-likeness (QED) is 0.370. The Bertz CT molecular complexity index is 1400. The van der Waals surface area contributed by atoms with E-state index < -0.39 is 77.9 Å². The van der Waals surface area contributed by atoms with Crippen LogP contribution >= 0.6 is 0 Å². The topological polar surface area (TPSA) is 143 Å². The molecular formula is C40H62N4O8. The van der Waals surface area contributed by atoms with E-state index in [0.717, 1.165) is 12.0 Å². The number of esters is 2. The number of carbonyl (C=O) groups excluding carboxylic acids is 6. The van der Waals surface area contributed by atoms with Crippen LogP contribution in [0.2, 0.25) is 0 Å². The lowest BCUT2D eigenvalue weighted by Crippen LogP contribution is -2.58. The molecule has 12 heteroatoms. The van der Waals surface area contributed by atoms with E-state index in [9.17, 15) is 28.8 Å². The summed E-state index contributed by atoms with van der Waals surface area (Å²) in [6.07, 6.45) is 1.32. The van der Waals surface area contributed by atoms with Gasteiger partial charge in [0.2, 0.25) is 17.7 Å². The number of nitrogens with one attached hydrogen (secondary N) is 1. The summed E-state index contributed by atoms with van der Waals surface area (Å²) < 4.78 is 12.2. The number of rotatable bonds is 9. The van der Waals surface area contributed by atoms with Crippen LogP contribution in [0.5, 0.6) is 0 Å². The zero-order chi connectivity index (χ0) is 38.9. The minimum atomic E-state index is -1.28. The number of hydrogen-bond donors (Lipinski definition) is 1. The van der Waals surface area contributed by atoms with E-state index >= 15 is 0 Å². The van der Waals surface area contributed by atoms with E-state index in [-0.39, 0.29) is 30.7 Å². The second-order valence-corrected chi connectivity index (χ2v) is 15.4. The van der Waals surface area contributed by atoms with E-state index in [0.29, 0.717) is 32.1 Å². The Morgan fingerprint density at radius 3 is 2.00 bits per heavy atom. The number of hydrogen-bond acceptors (Lipinski definition) is 8. The molecule has 8 atom stereocenters. The molecule has 52 heavy (non-hydrogen) atoms. The Kier molecular flexibility index (Phi) is 15.7. The summed E-state index contributed by atoms with van der Waals surface area (Å²) in [6.45, 7) is 14.9. The molecule has 2 aliphatic rings. The van der Waals surface area contributed by atoms with Gasteiger partial charge in [0.1, 0.15) is 30.3 Å². The molecule has 8 unspecified atom stereocenters. The van der Waals surface area contributed by atoms with Gasteiger partial charge in [-0.15, -0.1) is 0 Å². The van der Waals surface area contributed by atoms with E-state index in [2.05, 4.69) is 5.32 Å². The van der Waals surface area contributed by atoms with Crippen LogP contribution < -0.4 is 5.32 Å². The molecule has 2 saturated heterocycles. The Hall–Kier alpha value is -3.96. The van der Waals surface area contributed by atoms with Gasteiger partial charge < -0.3 is 29.5 Å². The van der Waals surface area contributed by atoms with Gasteiger partial charge >= 0.3 is 11.9 Å². The first-order chi connectivity index (χ1) is 24.5. The monoisotopic (exact) mass is 726 g/mol. The first-order valence-electron chi connectivity index (χ1n) is 19.1. The van der Waals surface area contributed by atoms with E-state index in [4.69, 9.17) is 9.47 Å². The Balaban J connectivity index is 2.18. The minimum absolute atomic E-state index is 0.0617. The zero-order valence-corrected chi connectivity index (χ0v) is 32.9. The highest BCUT2D eigenvalue weighted by atomic mass is 16.6. The van der Waals surface area contributed by atoms with E-state index in [1.807, 2.05) is 78.8 Å². The zero-order valence-electron chi connectivity index (χ0n) is 32.9. The summed E-state index contributed by atoms with van der Waals surface area (Å²) in [5.41, 5.74) is 0.757. The summed E-state index contributed by atoms with van der Waals surface area (Å²) >= 11 is 0. The van der Waals surface area contributed by atoms with Crippen molar-refractivity contribution >= 4 is 35.6 Å². The third kappa shape index (κ3) is 10.1. The molecule has 1 aromatic rings. The van der Waals surface area contributed by atoms with Gasteiger partial charge in [0.05, 0.1) is 5.92 Å². The van der Waals surface area contributed by atoms with Gasteiger partial charge in [-0.1, -0.05) is 105 Å². The molecule has 0 radical (unpaired) electrons. The lowest BCUT2D eigenvalue weighted by atomic mass is 9.94. The fourth-order valence-electron chi connectivity index (χ4n) is 7.29. The van der Waals surface area contributed by atoms with Crippen molar-refractivity contribution in [2.24, 2.45) is 23.7 Å². The van der Waals surface area contributed by atoms with Gasteiger partial charge in [0.15, 0.2) is 6.10 Å². The van der Waals surface area contributed by atoms with Crippen LogP contribution in [-0.4, -0.2) is 107 Å². The average molecular weight is 727 g/mol. The molecule has 12 nitrogen and oxygen atoms in total. The number of fused-ring (bicyclic) bond motifs is 1. The number of unbranched alkanes of at least 4 members (excludes halogenated alkanes) is 1. The number of likely N-dealkylation sites (N-methyl/N-ethyl adjacent to an activating group) is 2. The van der Waals surface area contributed by atoms with Crippen LogP contribution in [0.25, 0.3) is 0 Å². The van der Waals surface area contributed by atoms with Gasteiger partial charge in [0, 0.05) is 27.1 Å². The maximum Gasteiger partial charge on any atom is 0.329 e. The minimum Gasteiger partial charge on any atom is -0.460 e. The second kappa shape index (κ2) is 19.2. The van der Waals surface area contributed by atoms with Crippen molar-refractivity contribution in [1.29, 1.82) is 0 Å². The fourth-order valence-corrected chi connectivity index (χ4v) is 7.29. The van der Waals surface area contributed by atoms with Crippen molar-refractivity contribution in [1.82, 2.24) is 20.0 Å². The molecule has 0 aliphatic carbocycles. The second-order valence-electron chi connectivity index (χ2n) is 15.4. The molecule has 0 saturated carbocycles. The SMILES string of the molecule is CCCCC1OC(=O)C(C(C)C)N(C)C(=O)C2CCCN2C(=O)C(Cc2ccccc2)OC(=O)C(C(C)CC)N(C)C(=O)C(C(C)C)NC(=O)C1C. The molecule has 1 N–H and O–H groups in total. The van der Waals surface area contributed by atoms with Crippen molar-refractivity contribution in [3.8, 4) is 0 Å². The lowest BCUT2D eigenvalue weighted by molar-refractivity contribution is -0.170. The van der Waals surface area contributed by atoms with Crippen LogP contribution in [0.1, 0.15) is 99.5 Å². The van der Waals surface area contributed by atoms with Gasteiger partial charge in [-0.2, -0.15) is 0 Å². The Morgan fingerprint density at radius 2 is 1.42 bits per heavy atom. The molecule has 3 rings (SSSR count). The van der Waals surface area contributed by atoms with Gasteiger partial charge in [-0.3, -0.25) is 19.2 Å². The highest BCUT2D eigenvalue weighted by Crippen LogP contribution is 2.27. The summed E-state index contributed by atoms with van der Waals surface area (Å²) in [4.78, 5) is 89.2. The van der Waals surface area contributed by atoms with Crippen molar-refractivity contribution < 1.29 is 38.2 Å². The molecular weight excluding hydrogens is 664 g/mol. The molecule has 1 aromatic carbocycles. The standard InChI is InChI=1S/C40H62N4O8/c1-11-13-21-30-27(8)35(45)41-32(24(3)4)38(48)43(10)34(26(7)12-2)40(50)52-31(23-28-18-15-14-16-19-28)37(47)44-22-17-20-29(44)36(46)42(9)33(25(5)6)39(49)51-30/h14-16,18-19,24-27,29-34H,11-13,17,20-23H2,1-10H3,(H,41,45). The van der Waals surface area contributed by atoms with Crippen LogP contribution in [0.3, 0.4) is 0 Å². The van der Waals surface area contributed by atoms with Crippen molar-refractivity contribution in [2.75, 3.05) is 20.6 Å². The van der Waals surface area contributed by atoms with Crippen LogP contribution in [0.15, 0.2) is 30.3 Å². The number of carbonyl (C=O) groups is 6. The van der Waals surface area contributed by atoms with Gasteiger partial charge in [0.25, 0.3) is 5.91 Å². The number of amides is 4. The summed E-state index contributed by atoms with van der Waals surface area (Å²) in [6, 6.07) is 5.25. The third-order valence-corrected chi connectivity index (χ3v) is 10.8. The fraction of sp³-hybridized carbons (Fsp3) is 0.700. The number of cyclic esters (lactones) is 2. The van der Waals surface area contributed by atoms with Crippen LogP contribution in [0.4, 0.5) is 0 Å². The van der Waals surface area contributed by atoms with Crippen molar-refractivity contribution in [2.45, 2.75) is 137 Å². The molecule has 2 heterocycles. The van der Waals surface area contributed by atoms with Gasteiger partial charge in [-0.25, -0.2) is 9.59 Å². The number of nitrogens with zero attached hydrogens (tertiary/aromatic N) is 3. The summed E-state index contributed by atoms with van der Waals surface area (Å²) in [7, 11) is 3.06. The first kappa shape index (κ1) is 42.5. The maximum atomic E-state index is 14.5. The first-order valence-corrected chi connectivity index (χ1v) is 19.1. The molecule has 2 fully saturated rings. The largest absolute Gasteiger partial charge is 0.460 e. The molecule has 0 spiro atoms. The summed E-state index contributed by atoms with van der Waals surface area (Å²) in [5, 5.41) is 2.90. The Labute approximate surface area is 310 Å². The predicted octanol–water partition coefficient (Wildman–Crippen LogP) is 4.38. The number of benzene rings is 1. The third-order valence-electron chi connectivity index (χ3n) is 10.8. The smallest absolute Gasteiger partial charge is 0.329 e. The van der Waals surface area contributed by atoms with Crippen molar-refractivity contribution in [3.05, 3.63) is 35.9 Å². The molecule has 4 amide bonds. The van der Waals surface area contributed by atoms with Crippen LogP contribution in [-0.2, 0) is 44.7 Å². The lowest BCUT2D eigenvalue weighted by Gasteiger charge is -2.36. The van der Waals surface area contributed by atoms with Crippen LogP contribution in [0, 0.1) is 23.7 Å².